The van der Waals surface area contributed by atoms with Crippen molar-refractivity contribution in [2.24, 2.45) is 0 Å². The van der Waals surface area contributed by atoms with Gasteiger partial charge in [0.2, 0.25) is 11.8 Å². The standard InChI is InChI=1S/C20H19N3O3/c1-14-21-20(26-22-14)18-13-23(12-17(18)15-6-3-2-4-7-15)19(24)10-9-16-8-5-11-25-16/h2-11,17-18H,12-13H2,1H3. The highest BCUT2D eigenvalue weighted by Gasteiger charge is 2.39. The zero-order chi connectivity index (χ0) is 17.9. The molecule has 3 heterocycles. The van der Waals surface area contributed by atoms with Gasteiger partial charge in [0.15, 0.2) is 5.82 Å². The van der Waals surface area contributed by atoms with Gasteiger partial charge in [-0.15, -0.1) is 0 Å². The summed E-state index contributed by atoms with van der Waals surface area (Å²) < 4.78 is 10.7. The second-order valence-corrected chi connectivity index (χ2v) is 6.40. The minimum absolute atomic E-state index is 0.0143. The predicted octanol–water partition coefficient (Wildman–Crippen LogP) is 3.39. The fraction of sp³-hybridized carbons (Fsp3) is 0.250. The summed E-state index contributed by atoms with van der Waals surface area (Å²) in [5, 5.41) is 3.91. The first kappa shape index (κ1) is 16.3. The molecule has 2 aromatic heterocycles. The van der Waals surface area contributed by atoms with E-state index in [9.17, 15) is 4.79 Å². The van der Waals surface area contributed by atoms with Crippen molar-refractivity contribution >= 4 is 12.0 Å². The molecule has 1 aliphatic rings. The van der Waals surface area contributed by atoms with E-state index in [1.807, 2.05) is 29.2 Å². The Bertz CT molecular complexity index is 900. The highest BCUT2D eigenvalue weighted by atomic mass is 16.5. The molecular weight excluding hydrogens is 330 g/mol. The molecule has 1 amide bonds. The van der Waals surface area contributed by atoms with Gasteiger partial charge in [0.1, 0.15) is 5.76 Å². The lowest BCUT2D eigenvalue weighted by Crippen LogP contribution is -2.26. The Morgan fingerprint density at radius 1 is 1.15 bits per heavy atom. The molecule has 0 bridgehead atoms. The molecule has 1 fully saturated rings. The molecule has 132 valence electrons. The van der Waals surface area contributed by atoms with Crippen LogP contribution in [0.15, 0.2) is 63.7 Å². The molecule has 3 aromatic rings. The van der Waals surface area contributed by atoms with Gasteiger partial charge < -0.3 is 13.8 Å². The van der Waals surface area contributed by atoms with Crippen LogP contribution in [0.4, 0.5) is 0 Å². The maximum Gasteiger partial charge on any atom is 0.246 e. The summed E-state index contributed by atoms with van der Waals surface area (Å²) in [4.78, 5) is 18.9. The zero-order valence-corrected chi connectivity index (χ0v) is 14.4. The monoisotopic (exact) mass is 349 g/mol. The number of furan rings is 1. The van der Waals surface area contributed by atoms with Crippen LogP contribution < -0.4 is 0 Å². The molecule has 0 spiro atoms. The van der Waals surface area contributed by atoms with Crippen LogP contribution in [0, 0.1) is 6.92 Å². The Labute approximate surface area is 151 Å². The molecule has 0 saturated carbocycles. The van der Waals surface area contributed by atoms with Gasteiger partial charge in [-0.05, 0) is 30.7 Å². The largest absolute Gasteiger partial charge is 0.465 e. The van der Waals surface area contributed by atoms with E-state index >= 15 is 0 Å². The van der Waals surface area contributed by atoms with Crippen LogP contribution in [0.1, 0.15) is 34.9 Å². The van der Waals surface area contributed by atoms with Crippen molar-refractivity contribution in [1.82, 2.24) is 15.0 Å². The molecule has 0 N–H and O–H groups in total. The zero-order valence-electron chi connectivity index (χ0n) is 14.4. The van der Waals surface area contributed by atoms with E-state index in [-0.39, 0.29) is 17.7 Å². The summed E-state index contributed by atoms with van der Waals surface area (Å²) in [5.41, 5.74) is 1.17. The fourth-order valence-corrected chi connectivity index (χ4v) is 3.38. The summed E-state index contributed by atoms with van der Waals surface area (Å²) in [6, 6.07) is 13.8. The number of hydrogen-bond acceptors (Lipinski definition) is 5. The molecule has 1 saturated heterocycles. The van der Waals surface area contributed by atoms with Crippen LogP contribution in [-0.4, -0.2) is 34.0 Å². The van der Waals surface area contributed by atoms with Gasteiger partial charge in [-0.2, -0.15) is 4.98 Å². The molecule has 0 aliphatic carbocycles. The molecule has 26 heavy (non-hydrogen) atoms. The number of carbonyl (C=O) groups excluding carboxylic acids is 1. The number of amides is 1. The lowest BCUT2D eigenvalue weighted by atomic mass is 9.89. The summed E-state index contributed by atoms with van der Waals surface area (Å²) in [7, 11) is 0. The topological polar surface area (TPSA) is 72.4 Å². The van der Waals surface area contributed by atoms with E-state index in [0.717, 1.165) is 0 Å². The quantitative estimate of drug-likeness (QED) is 0.675. The first-order valence-corrected chi connectivity index (χ1v) is 8.56. The SMILES string of the molecule is Cc1noc(C2CN(C(=O)C=Cc3ccco3)CC2c2ccccc2)n1. The van der Waals surface area contributed by atoms with E-state index in [1.165, 1.54) is 5.56 Å². The molecule has 0 radical (unpaired) electrons. The van der Waals surface area contributed by atoms with Gasteiger partial charge in [0.05, 0.1) is 12.2 Å². The van der Waals surface area contributed by atoms with Gasteiger partial charge in [0.25, 0.3) is 0 Å². The van der Waals surface area contributed by atoms with Crippen LogP contribution >= 0.6 is 0 Å². The minimum Gasteiger partial charge on any atom is -0.465 e. The number of benzene rings is 1. The highest BCUT2D eigenvalue weighted by Crippen LogP contribution is 2.39. The van der Waals surface area contributed by atoms with E-state index in [1.54, 1.807) is 31.4 Å². The second-order valence-electron chi connectivity index (χ2n) is 6.40. The van der Waals surface area contributed by atoms with Crippen LogP contribution in [-0.2, 0) is 4.79 Å². The van der Waals surface area contributed by atoms with Crippen molar-refractivity contribution < 1.29 is 13.7 Å². The Hall–Kier alpha value is -3.15. The maximum atomic E-state index is 12.6. The van der Waals surface area contributed by atoms with E-state index in [4.69, 9.17) is 8.94 Å². The van der Waals surface area contributed by atoms with E-state index in [0.29, 0.717) is 30.6 Å². The first-order valence-electron chi connectivity index (χ1n) is 8.56. The molecule has 1 aliphatic heterocycles. The third kappa shape index (κ3) is 3.31. The Morgan fingerprint density at radius 2 is 1.96 bits per heavy atom. The fourth-order valence-electron chi connectivity index (χ4n) is 3.38. The number of rotatable bonds is 4. The second kappa shape index (κ2) is 7.00. The minimum atomic E-state index is -0.0546. The van der Waals surface area contributed by atoms with Crippen molar-refractivity contribution in [2.75, 3.05) is 13.1 Å². The summed E-state index contributed by atoms with van der Waals surface area (Å²) in [6.45, 7) is 2.95. The van der Waals surface area contributed by atoms with Gasteiger partial charge >= 0.3 is 0 Å². The average molecular weight is 349 g/mol. The third-order valence-electron chi connectivity index (χ3n) is 4.65. The Morgan fingerprint density at radius 3 is 2.65 bits per heavy atom. The highest BCUT2D eigenvalue weighted by molar-refractivity contribution is 5.91. The van der Waals surface area contributed by atoms with Gasteiger partial charge in [-0.3, -0.25) is 4.79 Å². The van der Waals surface area contributed by atoms with Crippen molar-refractivity contribution in [2.45, 2.75) is 18.8 Å². The van der Waals surface area contributed by atoms with Crippen molar-refractivity contribution in [3.8, 4) is 0 Å². The maximum absolute atomic E-state index is 12.6. The number of likely N-dealkylation sites (tertiary alicyclic amines) is 1. The lowest BCUT2D eigenvalue weighted by molar-refractivity contribution is -0.125. The molecule has 2 unspecified atom stereocenters. The van der Waals surface area contributed by atoms with Gasteiger partial charge in [-0.1, -0.05) is 35.5 Å². The average Bonchev–Trinajstić information content (AvgIpc) is 3.40. The molecule has 6 nitrogen and oxygen atoms in total. The van der Waals surface area contributed by atoms with Crippen molar-refractivity contribution in [1.29, 1.82) is 0 Å². The molecular formula is C20H19N3O3. The van der Waals surface area contributed by atoms with Crippen LogP contribution in [0.25, 0.3) is 6.08 Å². The number of nitrogens with zero attached hydrogens (tertiary/aromatic N) is 3. The molecule has 6 heteroatoms. The summed E-state index contributed by atoms with van der Waals surface area (Å²) in [5.74, 6) is 1.90. The van der Waals surface area contributed by atoms with E-state index < -0.39 is 0 Å². The van der Waals surface area contributed by atoms with Gasteiger partial charge in [-0.25, -0.2) is 0 Å². The lowest BCUT2D eigenvalue weighted by Gasteiger charge is -2.15. The Kier molecular flexibility index (Phi) is 4.39. The molecule has 1 aromatic carbocycles. The van der Waals surface area contributed by atoms with Crippen LogP contribution in [0.3, 0.4) is 0 Å². The van der Waals surface area contributed by atoms with Gasteiger partial charge in [0, 0.05) is 25.1 Å². The van der Waals surface area contributed by atoms with Crippen LogP contribution in [0.5, 0.6) is 0 Å². The summed E-state index contributed by atoms with van der Waals surface area (Å²) in [6.07, 6.45) is 4.81. The third-order valence-corrected chi connectivity index (χ3v) is 4.65. The van der Waals surface area contributed by atoms with E-state index in [2.05, 4.69) is 22.3 Å². The smallest absolute Gasteiger partial charge is 0.246 e. The van der Waals surface area contributed by atoms with Crippen LogP contribution in [0.2, 0.25) is 0 Å². The number of hydrogen-bond donors (Lipinski definition) is 0. The number of aromatic nitrogens is 2. The number of carbonyl (C=O) groups is 1. The summed E-state index contributed by atoms with van der Waals surface area (Å²) >= 11 is 0. The normalized spacial score (nSPS) is 20.1. The molecule has 2 atom stereocenters. The Balaban J connectivity index is 1.57. The predicted molar refractivity (Wildman–Crippen MR) is 95.3 cm³/mol. The first-order chi connectivity index (χ1) is 12.7. The molecule has 4 rings (SSSR count). The van der Waals surface area contributed by atoms with Crippen molar-refractivity contribution in [3.63, 3.8) is 0 Å². The number of aryl methyl sites for hydroxylation is 1. The van der Waals surface area contributed by atoms with Crippen molar-refractivity contribution in [3.05, 3.63) is 77.8 Å².